The van der Waals surface area contributed by atoms with Crippen LogP contribution in [0.25, 0.3) is 5.82 Å². The second kappa shape index (κ2) is 6.35. The molecule has 1 aliphatic rings. The monoisotopic (exact) mass is 334 g/mol. The van der Waals surface area contributed by atoms with Gasteiger partial charge < -0.3 is 10.6 Å². The first-order valence-electron chi connectivity index (χ1n) is 8.17. The van der Waals surface area contributed by atoms with Crippen LogP contribution in [0.1, 0.15) is 18.4 Å². The van der Waals surface area contributed by atoms with E-state index >= 15 is 0 Å². The predicted molar refractivity (Wildman–Crippen MR) is 93.5 cm³/mol. The first-order chi connectivity index (χ1) is 12.3. The Kier molecular flexibility index (Phi) is 3.89. The number of anilines is 1. The molecule has 25 heavy (non-hydrogen) atoms. The third-order valence-electron chi connectivity index (χ3n) is 4.49. The van der Waals surface area contributed by atoms with Crippen LogP contribution >= 0.6 is 0 Å². The minimum Gasteiger partial charge on any atom is -0.337 e. The van der Waals surface area contributed by atoms with Gasteiger partial charge in [-0.05, 0) is 30.5 Å². The molecule has 1 saturated carbocycles. The molecular formula is C18H18N6O. The van der Waals surface area contributed by atoms with Gasteiger partial charge in [0.1, 0.15) is 12.7 Å². The van der Waals surface area contributed by atoms with Crippen molar-refractivity contribution in [3.8, 4) is 5.82 Å². The Balaban J connectivity index is 1.34. The van der Waals surface area contributed by atoms with Crippen molar-refractivity contribution in [3.63, 3.8) is 0 Å². The van der Waals surface area contributed by atoms with Crippen LogP contribution in [-0.2, 0) is 5.41 Å². The van der Waals surface area contributed by atoms with Gasteiger partial charge in [-0.15, -0.1) is 0 Å². The number of benzene rings is 1. The first kappa shape index (κ1) is 15.3. The van der Waals surface area contributed by atoms with Crippen molar-refractivity contribution in [2.75, 3.05) is 11.9 Å². The van der Waals surface area contributed by atoms with E-state index in [-0.39, 0.29) is 11.4 Å². The van der Waals surface area contributed by atoms with Gasteiger partial charge in [-0.25, -0.2) is 19.4 Å². The molecule has 0 aliphatic heterocycles. The minimum atomic E-state index is -0.225. The maximum atomic E-state index is 12.2. The van der Waals surface area contributed by atoms with Gasteiger partial charge in [0.05, 0.1) is 11.9 Å². The number of pyridine rings is 1. The fourth-order valence-electron chi connectivity index (χ4n) is 2.86. The number of carbonyl (C=O) groups is 1. The Hall–Kier alpha value is -3.22. The van der Waals surface area contributed by atoms with E-state index in [0.29, 0.717) is 18.1 Å². The molecule has 2 N–H and O–H groups in total. The average Bonchev–Trinajstić information content (AvgIpc) is 3.25. The molecule has 0 bridgehead atoms. The highest BCUT2D eigenvalue weighted by atomic mass is 16.2. The summed E-state index contributed by atoms with van der Waals surface area (Å²) >= 11 is 0. The van der Waals surface area contributed by atoms with Crippen LogP contribution in [0.5, 0.6) is 0 Å². The van der Waals surface area contributed by atoms with E-state index in [1.165, 1.54) is 11.9 Å². The maximum absolute atomic E-state index is 12.2. The molecule has 4 rings (SSSR count). The van der Waals surface area contributed by atoms with Crippen LogP contribution in [0.4, 0.5) is 10.5 Å². The van der Waals surface area contributed by atoms with Crippen LogP contribution in [0.15, 0.2) is 61.3 Å². The highest BCUT2D eigenvalue weighted by Gasteiger charge is 2.44. The number of rotatable bonds is 5. The van der Waals surface area contributed by atoms with E-state index in [1.54, 1.807) is 29.3 Å². The summed E-state index contributed by atoms with van der Waals surface area (Å²) in [5.74, 6) is 0.643. The summed E-state index contributed by atoms with van der Waals surface area (Å²) in [6, 6.07) is 13.7. The number of aromatic nitrogens is 4. The molecule has 7 heteroatoms. The fourth-order valence-corrected chi connectivity index (χ4v) is 2.86. The normalized spacial score (nSPS) is 14.7. The zero-order chi connectivity index (χ0) is 17.1. The van der Waals surface area contributed by atoms with E-state index in [4.69, 9.17) is 0 Å². The van der Waals surface area contributed by atoms with E-state index in [2.05, 4.69) is 37.8 Å². The molecular weight excluding hydrogens is 316 g/mol. The smallest absolute Gasteiger partial charge is 0.319 e. The van der Waals surface area contributed by atoms with Crippen LogP contribution in [0, 0.1) is 0 Å². The molecule has 0 saturated heterocycles. The Morgan fingerprint density at radius 1 is 1.16 bits per heavy atom. The van der Waals surface area contributed by atoms with E-state index in [0.717, 1.165) is 12.8 Å². The molecule has 2 heterocycles. The number of hydrogen-bond donors (Lipinski definition) is 2. The maximum Gasteiger partial charge on any atom is 0.319 e. The van der Waals surface area contributed by atoms with Gasteiger partial charge in [0.25, 0.3) is 0 Å². The summed E-state index contributed by atoms with van der Waals surface area (Å²) in [7, 11) is 0. The topological polar surface area (TPSA) is 84.7 Å². The molecule has 1 fully saturated rings. The molecule has 2 amide bonds. The summed E-state index contributed by atoms with van der Waals surface area (Å²) in [4.78, 5) is 20.3. The zero-order valence-electron chi connectivity index (χ0n) is 13.6. The molecule has 0 unspecified atom stereocenters. The molecule has 7 nitrogen and oxygen atoms in total. The van der Waals surface area contributed by atoms with Gasteiger partial charge in [-0.1, -0.05) is 30.3 Å². The van der Waals surface area contributed by atoms with E-state index in [9.17, 15) is 4.79 Å². The molecule has 1 aliphatic carbocycles. The lowest BCUT2D eigenvalue weighted by Gasteiger charge is -2.17. The largest absolute Gasteiger partial charge is 0.337 e. The van der Waals surface area contributed by atoms with Crippen molar-refractivity contribution >= 4 is 11.7 Å². The van der Waals surface area contributed by atoms with Crippen molar-refractivity contribution in [1.29, 1.82) is 0 Å². The van der Waals surface area contributed by atoms with Gasteiger partial charge in [0, 0.05) is 12.0 Å². The third-order valence-corrected chi connectivity index (χ3v) is 4.49. The Morgan fingerprint density at radius 3 is 2.64 bits per heavy atom. The molecule has 2 aromatic heterocycles. The molecule has 0 atom stereocenters. The quantitative estimate of drug-likeness (QED) is 0.751. The second-order valence-corrected chi connectivity index (χ2v) is 6.20. The first-order valence-corrected chi connectivity index (χ1v) is 8.17. The van der Waals surface area contributed by atoms with Gasteiger partial charge in [0.2, 0.25) is 0 Å². The van der Waals surface area contributed by atoms with Crippen LogP contribution in [0.3, 0.4) is 0 Å². The number of carbonyl (C=O) groups excluding carboxylic acids is 1. The molecule has 0 radical (unpaired) electrons. The van der Waals surface area contributed by atoms with Gasteiger partial charge in [-0.3, -0.25) is 0 Å². The molecule has 1 aromatic carbocycles. The lowest BCUT2D eigenvalue weighted by Crippen LogP contribution is -2.35. The van der Waals surface area contributed by atoms with Gasteiger partial charge >= 0.3 is 6.03 Å². The lowest BCUT2D eigenvalue weighted by atomic mass is 9.96. The number of nitrogens with one attached hydrogen (secondary N) is 2. The van der Waals surface area contributed by atoms with E-state index < -0.39 is 0 Å². The van der Waals surface area contributed by atoms with E-state index in [1.807, 2.05) is 18.2 Å². The number of hydrogen-bond acceptors (Lipinski definition) is 4. The summed E-state index contributed by atoms with van der Waals surface area (Å²) in [6.07, 6.45) is 6.82. The Morgan fingerprint density at radius 2 is 2.00 bits per heavy atom. The SMILES string of the molecule is O=C(NCC1(c2ccccc2)CC1)Nc1ccc(-n2cncn2)nc1. The van der Waals surface area contributed by atoms with Crippen molar-refractivity contribution in [3.05, 3.63) is 66.9 Å². The highest BCUT2D eigenvalue weighted by molar-refractivity contribution is 5.89. The van der Waals surface area contributed by atoms with Gasteiger partial charge in [0.15, 0.2) is 5.82 Å². The predicted octanol–water partition coefficient (Wildman–Crippen LogP) is 2.52. The fraction of sp³-hybridized carbons (Fsp3) is 0.222. The summed E-state index contributed by atoms with van der Waals surface area (Å²) in [5.41, 5.74) is 2.01. The highest BCUT2D eigenvalue weighted by Crippen LogP contribution is 2.47. The van der Waals surface area contributed by atoms with Crippen molar-refractivity contribution in [1.82, 2.24) is 25.1 Å². The summed E-state index contributed by atoms with van der Waals surface area (Å²) < 4.78 is 1.56. The summed E-state index contributed by atoms with van der Waals surface area (Å²) in [5, 5.41) is 9.79. The van der Waals surface area contributed by atoms with Crippen LogP contribution in [-0.4, -0.2) is 32.3 Å². The average molecular weight is 334 g/mol. The van der Waals surface area contributed by atoms with Crippen molar-refractivity contribution in [2.24, 2.45) is 0 Å². The van der Waals surface area contributed by atoms with Crippen LogP contribution < -0.4 is 10.6 Å². The summed E-state index contributed by atoms with van der Waals surface area (Å²) in [6.45, 7) is 0.632. The standard InChI is InChI=1S/C18H18N6O/c25-17(21-11-18(8-9-18)14-4-2-1-3-5-14)23-15-6-7-16(20-10-15)24-13-19-12-22-24/h1-7,10,12-13H,8-9,11H2,(H2,21,23,25). The second-order valence-electron chi connectivity index (χ2n) is 6.20. The van der Waals surface area contributed by atoms with Crippen molar-refractivity contribution < 1.29 is 4.79 Å². The van der Waals surface area contributed by atoms with Gasteiger partial charge in [-0.2, -0.15) is 5.10 Å². The minimum absolute atomic E-state index is 0.0911. The number of nitrogens with zero attached hydrogens (tertiary/aromatic N) is 4. The molecule has 0 spiro atoms. The number of urea groups is 1. The Labute approximate surface area is 145 Å². The zero-order valence-corrected chi connectivity index (χ0v) is 13.6. The molecule has 3 aromatic rings. The third kappa shape index (κ3) is 3.35. The van der Waals surface area contributed by atoms with Crippen molar-refractivity contribution in [2.45, 2.75) is 18.3 Å². The van der Waals surface area contributed by atoms with Crippen LogP contribution in [0.2, 0.25) is 0 Å². The Bertz CT molecular complexity index is 841. The number of amides is 2. The lowest BCUT2D eigenvalue weighted by molar-refractivity contribution is 0.251. The molecule has 126 valence electrons.